The molecule has 108 valence electrons. The second kappa shape index (κ2) is 5.33. The lowest BCUT2D eigenvalue weighted by molar-refractivity contribution is -0.384. The number of nitrogens with zero attached hydrogens (tertiary/aromatic N) is 2. The lowest BCUT2D eigenvalue weighted by Crippen LogP contribution is -2.35. The summed E-state index contributed by atoms with van der Waals surface area (Å²) in [5, 5.41) is 14.3. The molecule has 2 aliphatic heterocycles. The molecule has 1 N–H and O–H groups in total. The molecule has 0 spiro atoms. The van der Waals surface area contributed by atoms with Gasteiger partial charge in [-0.2, -0.15) is 0 Å². The zero-order valence-corrected chi connectivity index (χ0v) is 13.0. The zero-order chi connectivity index (χ0) is 14.3. The second-order valence-corrected chi connectivity index (χ2v) is 6.46. The molecule has 0 bridgehead atoms. The highest BCUT2D eigenvalue weighted by atomic mass is 79.9. The van der Waals surface area contributed by atoms with Crippen molar-refractivity contribution < 1.29 is 4.92 Å². The Morgan fingerprint density at radius 1 is 1.50 bits per heavy atom. The molecule has 3 unspecified atom stereocenters. The molecule has 20 heavy (non-hydrogen) atoms. The van der Waals surface area contributed by atoms with Gasteiger partial charge in [0.2, 0.25) is 0 Å². The summed E-state index contributed by atoms with van der Waals surface area (Å²) in [5.74, 6) is 1.39. The predicted molar refractivity (Wildman–Crippen MR) is 82.1 cm³/mol. The minimum absolute atomic E-state index is 0.134. The van der Waals surface area contributed by atoms with Gasteiger partial charge in [0.25, 0.3) is 5.69 Å². The number of nitro benzene ring substituents is 1. The van der Waals surface area contributed by atoms with Crippen molar-refractivity contribution in [3.8, 4) is 0 Å². The normalized spacial score (nSPS) is 28.7. The summed E-state index contributed by atoms with van der Waals surface area (Å²) in [4.78, 5) is 12.9. The van der Waals surface area contributed by atoms with Crippen LogP contribution < -0.4 is 10.2 Å². The Balaban J connectivity index is 1.91. The van der Waals surface area contributed by atoms with Gasteiger partial charge in [-0.3, -0.25) is 10.1 Å². The molecule has 0 aliphatic carbocycles. The molecule has 1 aromatic carbocycles. The van der Waals surface area contributed by atoms with Gasteiger partial charge < -0.3 is 10.2 Å². The quantitative estimate of drug-likeness (QED) is 0.679. The van der Waals surface area contributed by atoms with Crippen molar-refractivity contribution in [1.82, 2.24) is 5.32 Å². The fraction of sp³-hybridized carbons (Fsp3) is 0.571. The molecular formula is C14H18BrN3O2. The lowest BCUT2D eigenvalue weighted by Gasteiger charge is -2.29. The number of nitrogens with one attached hydrogen (secondary N) is 1. The largest absolute Gasteiger partial charge is 0.367 e. The number of halogens is 1. The Hall–Kier alpha value is -1.14. The number of anilines is 1. The monoisotopic (exact) mass is 339 g/mol. The van der Waals surface area contributed by atoms with E-state index in [-0.39, 0.29) is 10.6 Å². The standard InChI is InChI=1S/C14H18BrN3O2/c1-2-13-11-7-16-6-9(11)8-17(13)14-4-3-10(18(19)20)5-12(14)15/h3-5,9,11,13,16H,2,6-8H2,1H3. The van der Waals surface area contributed by atoms with E-state index in [1.165, 1.54) is 0 Å². The van der Waals surface area contributed by atoms with Crippen molar-refractivity contribution in [3.63, 3.8) is 0 Å². The van der Waals surface area contributed by atoms with Crippen molar-refractivity contribution in [1.29, 1.82) is 0 Å². The van der Waals surface area contributed by atoms with Gasteiger partial charge in [0.15, 0.2) is 0 Å². The Labute approximate surface area is 126 Å². The molecule has 5 nitrogen and oxygen atoms in total. The number of non-ortho nitro benzene ring substituents is 1. The number of fused-ring (bicyclic) bond motifs is 1. The molecule has 3 rings (SSSR count). The van der Waals surface area contributed by atoms with E-state index in [9.17, 15) is 10.1 Å². The molecule has 2 aliphatic rings. The molecular weight excluding hydrogens is 322 g/mol. The van der Waals surface area contributed by atoms with Crippen LogP contribution in [0.1, 0.15) is 13.3 Å². The first-order chi connectivity index (χ1) is 9.61. The fourth-order valence-electron chi connectivity index (χ4n) is 3.67. The third-order valence-corrected chi connectivity index (χ3v) is 5.22. The van der Waals surface area contributed by atoms with Crippen LogP contribution in [0.4, 0.5) is 11.4 Å². The van der Waals surface area contributed by atoms with E-state index in [0.717, 1.165) is 36.2 Å². The average molecular weight is 340 g/mol. The molecule has 2 heterocycles. The minimum Gasteiger partial charge on any atom is -0.367 e. The van der Waals surface area contributed by atoms with Gasteiger partial charge in [-0.05, 0) is 40.3 Å². The Morgan fingerprint density at radius 2 is 2.30 bits per heavy atom. The Morgan fingerprint density at radius 3 is 2.95 bits per heavy atom. The fourth-order valence-corrected chi connectivity index (χ4v) is 4.26. The molecule has 0 aromatic heterocycles. The maximum atomic E-state index is 10.8. The van der Waals surface area contributed by atoms with Crippen molar-refractivity contribution >= 4 is 27.3 Å². The summed E-state index contributed by atoms with van der Waals surface area (Å²) in [6.45, 7) is 5.43. The van der Waals surface area contributed by atoms with Crippen LogP contribution in [0.3, 0.4) is 0 Å². The van der Waals surface area contributed by atoms with Crippen LogP contribution in [0.2, 0.25) is 0 Å². The summed E-state index contributed by atoms with van der Waals surface area (Å²) < 4.78 is 0.818. The van der Waals surface area contributed by atoms with Crippen molar-refractivity contribution in [2.75, 3.05) is 24.5 Å². The van der Waals surface area contributed by atoms with E-state index >= 15 is 0 Å². The zero-order valence-electron chi connectivity index (χ0n) is 11.4. The van der Waals surface area contributed by atoms with Crippen LogP contribution in [0.5, 0.6) is 0 Å². The summed E-state index contributed by atoms with van der Waals surface area (Å²) >= 11 is 3.50. The van der Waals surface area contributed by atoms with Crippen molar-refractivity contribution in [2.24, 2.45) is 11.8 Å². The molecule has 0 radical (unpaired) electrons. The average Bonchev–Trinajstić information content (AvgIpc) is 2.98. The SMILES string of the molecule is CCC1C2CNCC2CN1c1ccc([N+](=O)[O-])cc1Br. The van der Waals surface area contributed by atoms with E-state index in [4.69, 9.17) is 0 Å². The van der Waals surface area contributed by atoms with E-state index in [1.54, 1.807) is 12.1 Å². The first-order valence-electron chi connectivity index (χ1n) is 7.03. The molecule has 3 atom stereocenters. The van der Waals surface area contributed by atoms with Gasteiger partial charge in [-0.1, -0.05) is 6.92 Å². The molecule has 6 heteroatoms. The topological polar surface area (TPSA) is 58.4 Å². The number of nitro groups is 1. The highest BCUT2D eigenvalue weighted by Crippen LogP contribution is 2.41. The number of benzene rings is 1. The van der Waals surface area contributed by atoms with Crippen LogP contribution >= 0.6 is 15.9 Å². The maximum absolute atomic E-state index is 10.8. The van der Waals surface area contributed by atoms with Gasteiger partial charge in [0.1, 0.15) is 0 Å². The maximum Gasteiger partial charge on any atom is 0.270 e. The number of hydrogen-bond acceptors (Lipinski definition) is 4. The Bertz CT molecular complexity index is 537. The summed E-state index contributed by atoms with van der Waals surface area (Å²) in [5.41, 5.74) is 1.21. The predicted octanol–water partition coefficient (Wildman–Crippen LogP) is 2.79. The van der Waals surface area contributed by atoms with Crippen molar-refractivity contribution in [3.05, 3.63) is 32.8 Å². The third kappa shape index (κ3) is 2.20. The Kier molecular flexibility index (Phi) is 3.69. The molecule has 0 amide bonds. The van der Waals surface area contributed by atoms with E-state index in [1.807, 2.05) is 6.07 Å². The number of hydrogen-bond donors (Lipinski definition) is 1. The van der Waals surface area contributed by atoms with Crippen molar-refractivity contribution in [2.45, 2.75) is 19.4 Å². The number of rotatable bonds is 3. The highest BCUT2D eigenvalue weighted by molar-refractivity contribution is 9.10. The van der Waals surface area contributed by atoms with Gasteiger partial charge in [-0.25, -0.2) is 0 Å². The molecule has 1 aromatic rings. The minimum atomic E-state index is -0.353. The van der Waals surface area contributed by atoms with Crippen LogP contribution in [0, 0.1) is 22.0 Å². The van der Waals surface area contributed by atoms with E-state index < -0.39 is 0 Å². The van der Waals surface area contributed by atoms with Crippen LogP contribution in [0.15, 0.2) is 22.7 Å². The third-order valence-electron chi connectivity index (χ3n) is 4.59. The lowest BCUT2D eigenvalue weighted by atomic mass is 9.93. The van der Waals surface area contributed by atoms with E-state index in [0.29, 0.717) is 17.9 Å². The van der Waals surface area contributed by atoms with Gasteiger partial charge in [0.05, 0.1) is 10.6 Å². The molecule has 0 saturated carbocycles. The van der Waals surface area contributed by atoms with Gasteiger partial charge in [0, 0.05) is 42.3 Å². The van der Waals surface area contributed by atoms with E-state index in [2.05, 4.69) is 33.1 Å². The molecule has 2 fully saturated rings. The first kappa shape index (κ1) is 13.8. The summed E-state index contributed by atoms with van der Waals surface area (Å²) in [6, 6.07) is 5.60. The van der Waals surface area contributed by atoms with Crippen LogP contribution in [0.25, 0.3) is 0 Å². The first-order valence-corrected chi connectivity index (χ1v) is 7.82. The summed E-state index contributed by atoms with van der Waals surface area (Å²) in [7, 11) is 0. The second-order valence-electron chi connectivity index (χ2n) is 5.60. The van der Waals surface area contributed by atoms with Crippen LogP contribution in [-0.4, -0.2) is 30.6 Å². The highest BCUT2D eigenvalue weighted by Gasteiger charge is 2.43. The molecule has 2 saturated heterocycles. The van der Waals surface area contributed by atoms with Gasteiger partial charge in [-0.15, -0.1) is 0 Å². The van der Waals surface area contributed by atoms with Crippen LogP contribution in [-0.2, 0) is 0 Å². The summed E-state index contributed by atoms with van der Waals surface area (Å²) in [6.07, 6.45) is 1.10. The smallest absolute Gasteiger partial charge is 0.270 e. The van der Waals surface area contributed by atoms with Gasteiger partial charge >= 0.3 is 0 Å².